The molecule has 2 N–H and O–H groups in total. The Kier molecular flexibility index (Phi) is 14.6. The molecule has 0 saturated carbocycles. The van der Waals surface area contributed by atoms with Gasteiger partial charge in [-0.05, 0) is 101 Å². The number of aromatic amines is 1. The standard InChI is InChI=1S/C53H64FN9O6/c1-7-35-11-10-12-38(27-35)39-30-45(56-51(68)69-52(2,3)4)47(55-32-39)50(67)63-18-17-37(31-53(63,5)6)33-59-19-21-60(22-20-59)34-46(64)61-23-25-62(26-24-61)49(66)42-28-36(15-16-43(42)54)29-44-40-13-8-9-14-41(40)48(65)58-57-44/h8-16,27-28,30,32,37H,7,17-26,29,31,33-34H2,1-6H3,(H,56,68)(H,58,65). The number of carbonyl (C=O) groups is 4. The second-order valence-corrected chi connectivity index (χ2v) is 20.2. The van der Waals surface area contributed by atoms with E-state index in [4.69, 9.17) is 4.74 Å². The molecular weight excluding hydrogens is 878 g/mol. The number of piperazine rings is 2. The third-order valence-corrected chi connectivity index (χ3v) is 13.6. The molecule has 69 heavy (non-hydrogen) atoms. The van der Waals surface area contributed by atoms with Crippen LogP contribution in [0.25, 0.3) is 21.9 Å². The molecule has 5 aromatic rings. The summed E-state index contributed by atoms with van der Waals surface area (Å²) >= 11 is 0. The number of hydrogen-bond acceptors (Lipinski definition) is 10. The van der Waals surface area contributed by atoms with Crippen molar-refractivity contribution in [3.8, 4) is 11.1 Å². The van der Waals surface area contributed by atoms with Crippen molar-refractivity contribution in [3.63, 3.8) is 0 Å². The third kappa shape index (κ3) is 11.7. The van der Waals surface area contributed by atoms with Crippen LogP contribution in [0.3, 0.4) is 0 Å². The molecule has 3 aliphatic rings. The number of benzene rings is 3. The number of H-pyrrole nitrogens is 1. The zero-order valence-electron chi connectivity index (χ0n) is 40.6. The minimum absolute atomic E-state index is 0.0161. The molecule has 1 unspecified atom stereocenters. The second kappa shape index (κ2) is 20.6. The largest absolute Gasteiger partial charge is 0.444 e. The number of pyridine rings is 1. The molecule has 3 fully saturated rings. The highest BCUT2D eigenvalue weighted by Gasteiger charge is 2.40. The minimum atomic E-state index is -0.726. The smallest absolute Gasteiger partial charge is 0.412 e. The van der Waals surface area contributed by atoms with Crippen LogP contribution in [0.5, 0.6) is 0 Å². The van der Waals surface area contributed by atoms with Gasteiger partial charge in [0.1, 0.15) is 11.4 Å². The maximum absolute atomic E-state index is 15.1. The molecule has 1 atom stereocenters. The number of aromatic nitrogens is 3. The Morgan fingerprint density at radius 1 is 0.812 bits per heavy atom. The molecule has 4 amide bonds. The molecule has 0 spiro atoms. The van der Waals surface area contributed by atoms with Crippen molar-refractivity contribution in [3.05, 3.63) is 123 Å². The molecule has 0 radical (unpaired) electrons. The number of ether oxygens (including phenoxy) is 1. The van der Waals surface area contributed by atoms with Gasteiger partial charge < -0.3 is 24.3 Å². The van der Waals surface area contributed by atoms with E-state index in [9.17, 15) is 24.0 Å². The number of carbonyl (C=O) groups excluding carboxylic acids is 4. The number of piperidine rings is 1. The van der Waals surface area contributed by atoms with Crippen LogP contribution < -0.4 is 10.9 Å². The van der Waals surface area contributed by atoms with Crippen molar-refractivity contribution >= 4 is 40.3 Å². The summed E-state index contributed by atoms with van der Waals surface area (Å²) in [5.41, 5.74) is 3.18. The first kappa shape index (κ1) is 48.9. The second-order valence-electron chi connectivity index (χ2n) is 20.2. The number of fused-ring (bicyclic) bond motifs is 1. The van der Waals surface area contributed by atoms with Gasteiger partial charge in [-0.2, -0.15) is 5.10 Å². The SMILES string of the molecule is CCc1cccc(-c2cnc(C(=O)N3CCC(CN4CCN(CC(=O)N5CCN(C(=O)c6cc(Cc7n[nH]c(=O)c8ccccc78)ccc6F)CC5)CC4)CC3(C)C)c(NC(=O)OC(C)(C)C)c2)c1. The first-order chi connectivity index (χ1) is 32.9. The number of aryl methyl sites for hydroxylation is 1. The Morgan fingerprint density at radius 3 is 2.23 bits per heavy atom. The fourth-order valence-electron chi connectivity index (χ4n) is 9.93. The van der Waals surface area contributed by atoms with Gasteiger partial charge in [0.25, 0.3) is 17.4 Å². The van der Waals surface area contributed by atoms with Crippen LogP contribution in [0.2, 0.25) is 0 Å². The molecule has 5 heterocycles. The van der Waals surface area contributed by atoms with E-state index in [0.29, 0.717) is 79.3 Å². The lowest BCUT2D eigenvalue weighted by Gasteiger charge is -2.47. The quantitative estimate of drug-likeness (QED) is 0.143. The van der Waals surface area contributed by atoms with E-state index in [2.05, 4.69) is 63.2 Å². The van der Waals surface area contributed by atoms with E-state index < -0.39 is 29.0 Å². The number of amides is 4. The topological polar surface area (TPSA) is 164 Å². The Morgan fingerprint density at radius 2 is 1.52 bits per heavy atom. The number of rotatable bonds is 11. The molecule has 16 heteroatoms. The molecule has 3 aliphatic heterocycles. The van der Waals surface area contributed by atoms with E-state index in [1.165, 1.54) is 11.6 Å². The first-order valence-corrected chi connectivity index (χ1v) is 24.1. The highest BCUT2D eigenvalue weighted by Crippen LogP contribution is 2.35. The summed E-state index contributed by atoms with van der Waals surface area (Å²) in [6.45, 7) is 17.9. The van der Waals surface area contributed by atoms with E-state index in [0.717, 1.165) is 63.1 Å². The van der Waals surface area contributed by atoms with Gasteiger partial charge in [0.2, 0.25) is 5.91 Å². The van der Waals surface area contributed by atoms with Crippen molar-refractivity contribution < 1.29 is 28.3 Å². The number of nitrogens with one attached hydrogen (secondary N) is 2. The maximum Gasteiger partial charge on any atom is 0.412 e. The van der Waals surface area contributed by atoms with E-state index in [1.54, 1.807) is 67.1 Å². The van der Waals surface area contributed by atoms with Gasteiger partial charge in [-0.15, -0.1) is 0 Å². The Balaban J connectivity index is 0.808. The number of halogens is 1. The van der Waals surface area contributed by atoms with Crippen molar-refractivity contribution in [2.75, 3.05) is 77.3 Å². The highest BCUT2D eigenvalue weighted by atomic mass is 19.1. The summed E-state index contributed by atoms with van der Waals surface area (Å²) in [6, 6.07) is 21.6. The summed E-state index contributed by atoms with van der Waals surface area (Å²) in [6.07, 6.45) is 3.84. The summed E-state index contributed by atoms with van der Waals surface area (Å²) in [7, 11) is 0. The maximum atomic E-state index is 15.1. The molecule has 3 saturated heterocycles. The van der Waals surface area contributed by atoms with Crippen LogP contribution in [0.1, 0.15) is 92.1 Å². The average Bonchev–Trinajstić information content (AvgIpc) is 3.32. The zero-order chi connectivity index (χ0) is 49.0. The fraction of sp³-hybridized carbons (Fsp3) is 0.453. The van der Waals surface area contributed by atoms with Crippen LogP contribution in [0.4, 0.5) is 14.9 Å². The number of nitrogens with zero attached hydrogens (tertiary/aromatic N) is 7. The van der Waals surface area contributed by atoms with Crippen LogP contribution in [0.15, 0.2) is 83.8 Å². The number of anilines is 1. The van der Waals surface area contributed by atoms with Crippen molar-refractivity contribution in [2.45, 2.75) is 78.4 Å². The van der Waals surface area contributed by atoms with Gasteiger partial charge in [-0.25, -0.2) is 19.3 Å². The average molecular weight is 942 g/mol. The monoisotopic (exact) mass is 941 g/mol. The zero-order valence-corrected chi connectivity index (χ0v) is 40.6. The summed E-state index contributed by atoms with van der Waals surface area (Å²) in [4.78, 5) is 81.4. The normalized spacial score (nSPS) is 18.0. The van der Waals surface area contributed by atoms with E-state index >= 15 is 4.39 Å². The summed E-state index contributed by atoms with van der Waals surface area (Å²) in [5.74, 6) is -0.895. The van der Waals surface area contributed by atoms with Gasteiger partial charge in [0.15, 0.2) is 5.69 Å². The van der Waals surface area contributed by atoms with Crippen LogP contribution in [-0.4, -0.2) is 147 Å². The predicted octanol–water partition coefficient (Wildman–Crippen LogP) is 6.86. The van der Waals surface area contributed by atoms with E-state index in [-0.39, 0.29) is 28.6 Å². The van der Waals surface area contributed by atoms with Crippen LogP contribution in [-0.2, 0) is 22.4 Å². The van der Waals surface area contributed by atoms with Gasteiger partial charge in [0, 0.05) is 94.6 Å². The van der Waals surface area contributed by atoms with Gasteiger partial charge in [0.05, 0.1) is 28.9 Å². The van der Waals surface area contributed by atoms with Crippen LogP contribution >= 0.6 is 0 Å². The van der Waals surface area contributed by atoms with Gasteiger partial charge >= 0.3 is 6.09 Å². The molecule has 0 aliphatic carbocycles. The molecule has 2 aromatic heterocycles. The molecular formula is C53H64FN9O6. The number of likely N-dealkylation sites (tertiary alicyclic amines) is 1. The summed E-state index contributed by atoms with van der Waals surface area (Å²) < 4.78 is 20.7. The predicted molar refractivity (Wildman–Crippen MR) is 264 cm³/mol. The minimum Gasteiger partial charge on any atom is -0.444 e. The molecule has 364 valence electrons. The molecule has 3 aromatic carbocycles. The fourth-order valence-corrected chi connectivity index (χ4v) is 9.93. The van der Waals surface area contributed by atoms with Gasteiger partial charge in [-0.1, -0.05) is 55.5 Å². The van der Waals surface area contributed by atoms with E-state index in [1.807, 2.05) is 29.2 Å². The lowest BCUT2D eigenvalue weighted by atomic mass is 9.82. The lowest BCUT2D eigenvalue weighted by Crippen LogP contribution is -2.56. The summed E-state index contributed by atoms with van der Waals surface area (Å²) in [5, 5.41) is 10.8. The first-order valence-electron chi connectivity index (χ1n) is 24.1. The van der Waals surface area contributed by atoms with Gasteiger partial charge in [-0.3, -0.25) is 29.4 Å². The van der Waals surface area contributed by atoms with Crippen molar-refractivity contribution in [1.82, 2.24) is 39.7 Å². The highest BCUT2D eigenvalue weighted by molar-refractivity contribution is 6.02. The Labute approximate surface area is 403 Å². The molecule has 15 nitrogen and oxygen atoms in total. The lowest BCUT2D eigenvalue weighted by molar-refractivity contribution is -0.134. The van der Waals surface area contributed by atoms with Crippen molar-refractivity contribution in [1.29, 1.82) is 0 Å². The third-order valence-electron chi connectivity index (χ3n) is 13.6. The number of hydrogen-bond donors (Lipinski definition) is 2. The van der Waals surface area contributed by atoms with Crippen LogP contribution in [0, 0.1) is 11.7 Å². The Bertz CT molecular complexity index is 2770. The van der Waals surface area contributed by atoms with Crippen molar-refractivity contribution in [2.24, 2.45) is 5.92 Å². The molecule has 0 bridgehead atoms. The molecule has 8 rings (SSSR count). The Hall–Kier alpha value is -6.52.